The molecule has 6 heteroatoms. The fourth-order valence-corrected chi connectivity index (χ4v) is 1.19. The van der Waals surface area contributed by atoms with Gasteiger partial charge in [-0.05, 0) is 0 Å². The van der Waals surface area contributed by atoms with Gasteiger partial charge in [-0.25, -0.2) is 9.97 Å². The first-order chi connectivity index (χ1) is 6.81. The van der Waals surface area contributed by atoms with Crippen LogP contribution >= 0.6 is 0 Å². The Morgan fingerprint density at radius 1 is 1.50 bits per heavy atom. The van der Waals surface area contributed by atoms with Crippen molar-refractivity contribution < 1.29 is 0 Å². The van der Waals surface area contributed by atoms with Crippen LogP contribution in [0, 0.1) is 0 Å². The summed E-state index contributed by atoms with van der Waals surface area (Å²) < 4.78 is 1.85. The Balaban J connectivity index is 2.34. The van der Waals surface area contributed by atoms with Crippen LogP contribution in [-0.4, -0.2) is 32.6 Å². The average molecular weight is 192 g/mol. The predicted molar refractivity (Wildman–Crippen MR) is 53.8 cm³/mol. The zero-order chi connectivity index (χ0) is 9.97. The minimum atomic E-state index is 0.562. The Labute approximate surface area is 81.2 Å². The van der Waals surface area contributed by atoms with Gasteiger partial charge in [0.05, 0.1) is 12.5 Å². The highest BCUT2D eigenvalue weighted by molar-refractivity contribution is 5.70. The van der Waals surface area contributed by atoms with Crippen LogP contribution in [0.15, 0.2) is 12.5 Å². The second kappa shape index (κ2) is 3.59. The van der Waals surface area contributed by atoms with E-state index in [0.29, 0.717) is 19.0 Å². The molecule has 0 saturated heterocycles. The van der Waals surface area contributed by atoms with Gasteiger partial charge < -0.3 is 15.6 Å². The van der Waals surface area contributed by atoms with Crippen LogP contribution in [0.2, 0.25) is 0 Å². The lowest BCUT2D eigenvalue weighted by molar-refractivity contribution is 0.924. The SMILES string of the molecule is Cn1cnc2cnc(NCCN)nc21. The summed E-state index contributed by atoms with van der Waals surface area (Å²) >= 11 is 0. The van der Waals surface area contributed by atoms with E-state index in [4.69, 9.17) is 5.73 Å². The molecule has 6 nitrogen and oxygen atoms in total. The molecule has 2 aromatic rings. The molecule has 14 heavy (non-hydrogen) atoms. The Bertz CT molecular complexity index is 434. The van der Waals surface area contributed by atoms with Gasteiger partial charge in [-0.3, -0.25) is 0 Å². The van der Waals surface area contributed by atoms with E-state index in [9.17, 15) is 0 Å². The highest BCUT2D eigenvalue weighted by Gasteiger charge is 2.02. The quantitative estimate of drug-likeness (QED) is 0.699. The van der Waals surface area contributed by atoms with Crippen molar-refractivity contribution in [3.8, 4) is 0 Å². The van der Waals surface area contributed by atoms with Gasteiger partial charge in [0.25, 0.3) is 0 Å². The molecule has 3 N–H and O–H groups in total. The molecule has 0 aliphatic heterocycles. The van der Waals surface area contributed by atoms with Gasteiger partial charge in [-0.15, -0.1) is 0 Å². The van der Waals surface area contributed by atoms with Crippen LogP contribution in [0.4, 0.5) is 5.95 Å². The first-order valence-corrected chi connectivity index (χ1v) is 4.39. The molecule has 0 spiro atoms. The van der Waals surface area contributed by atoms with Crippen molar-refractivity contribution in [3.05, 3.63) is 12.5 Å². The summed E-state index contributed by atoms with van der Waals surface area (Å²) in [5.41, 5.74) is 6.98. The highest BCUT2D eigenvalue weighted by Crippen LogP contribution is 2.08. The molecule has 2 heterocycles. The summed E-state index contributed by atoms with van der Waals surface area (Å²) in [5.74, 6) is 0.589. The maximum atomic E-state index is 5.36. The average Bonchev–Trinajstić information content (AvgIpc) is 2.57. The third-order valence-corrected chi connectivity index (χ3v) is 1.88. The van der Waals surface area contributed by atoms with Crippen LogP contribution in [0.1, 0.15) is 0 Å². The number of imidazole rings is 1. The van der Waals surface area contributed by atoms with E-state index in [1.54, 1.807) is 12.5 Å². The summed E-state index contributed by atoms with van der Waals surface area (Å²) in [5, 5.41) is 3.02. The molecule has 0 aromatic carbocycles. The number of nitrogens with one attached hydrogen (secondary N) is 1. The fraction of sp³-hybridized carbons (Fsp3) is 0.375. The monoisotopic (exact) mass is 192 g/mol. The third-order valence-electron chi connectivity index (χ3n) is 1.88. The van der Waals surface area contributed by atoms with Crippen molar-refractivity contribution in [3.63, 3.8) is 0 Å². The van der Waals surface area contributed by atoms with Gasteiger partial charge in [0, 0.05) is 20.1 Å². The zero-order valence-electron chi connectivity index (χ0n) is 7.94. The lowest BCUT2D eigenvalue weighted by Gasteiger charge is -2.01. The van der Waals surface area contributed by atoms with E-state index >= 15 is 0 Å². The van der Waals surface area contributed by atoms with Crippen molar-refractivity contribution in [2.24, 2.45) is 12.8 Å². The van der Waals surface area contributed by atoms with Crippen molar-refractivity contribution in [2.45, 2.75) is 0 Å². The summed E-state index contributed by atoms with van der Waals surface area (Å²) in [4.78, 5) is 12.5. The Morgan fingerprint density at radius 3 is 3.14 bits per heavy atom. The predicted octanol–water partition coefficient (Wildman–Crippen LogP) is -0.266. The van der Waals surface area contributed by atoms with Crippen LogP contribution in [0.3, 0.4) is 0 Å². The summed E-state index contributed by atoms with van der Waals surface area (Å²) in [6.45, 7) is 1.23. The largest absolute Gasteiger partial charge is 0.353 e. The molecule has 0 fully saturated rings. The van der Waals surface area contributed by atoms with Gasteiger partial charge >= 0.3 is 0 Å². The maximum absolute atomic E-state index is 5.36. The molecule has 0 aliphatic rings. The first-order valence-electron chi connectivity index (χ1n) is 4.39. The van der Waals surface area contributed by atoms with Gasteiger partial charge in [-0.2, -0.15) is 4.98 Å². The molecule has 2 aromatic heterocycles. The number of rotatable bonds is 3. The molecule has 0 bridgehead atoms. The molecule has 0 unspecified atom stereocenters. The van der Waals surface area contributed by atoms with Crippen LogP contribution in [0.5, 0.6) is 0 Å². The van der Waals surface area contributed by atoms with Gasteiger partial charge in [0.15, 0.2) is 5.65 Å². The van der Waals surface area contributed by atoms with Crippen LogP contribution in [0.25, 0.3) is 11.2 Å². The molecule has 0 saturated carbocycles. The van der Waals surface area contributed by atoms with E-state index in [1.165, 1.54) is 0 Å². The first kappa shape index (κ1) is 8.89. The second-order valence-electron chi connectivity index (χ2n) is 2.97. The minimum Gasteiger partial charge on any atom is -0.353 e. The highest BCUT2D eigenvalue weighted by atomic mass is 15.2. The molecule has 2 rings (SSSR count). The summed E-state index contributed by atoms with van der Waals surface area (Å²) in [6, 6.07) is 0. The van der Waals surface area contributed by atoms with E-state index in [1.807, 2.05) is 11.6 Å². The smallest absolute Gasteiger partial charge is 0.224 e. The molecule has 0 radical (unpaired) electrons. The minimum absolute atomic E-state index is 0.562. The molecule has 0 atom stereocenters. The molecular formula is C8H12N6. The van der Waals surface area contributed by atoms with Gasteiger partial charge in [-0.1, -0.05) is 0 Å². The number of nitrogens with zero attached hydrogens (tertiary/aromatic N) is 4. The van der Waals surface area contributed by atoms with Gasteiger partial charge in [0.1, 0.15) is 5.52 Å². The van der Waals surface area contributed by atoms with E-state index in [-0.39, 0.29) is 0 Å². The fourth-order valence-electron chi connectivity index (χ4n) is 1.19. The zero-order valence-corrected chi connectivity index (χ0v) is 7.94. The number of aromatic nitrogens is 4. The van der Waals surface area contributed by atoms with E-state index < -0.39 is 0 Å². The summed E-state index contributed by atoms with van der Waals surface area (Å²) in [6.07, 6.45) is 3.41. The van der Waals surface area contributed by atoms with Gasteiger partial charge in [0.2, 0.25) is 5.95 Å². The number of hydrogen-bond donors (Lipinski definition) is 2. The topological polar surface area (TPSA) is 81.7 Å². The Hall–Kier alpha value is -1.69. The number of aryl methyl sites for hydroxylation is 1. The maximum Gasteiger partial charge on any atom is 0.224 e. The lowest BCUT2D eigenvalue weighted by Crippen LogP contribution is -2.14. The second-order valence-corrected chi connectivity index (χ2v) is 2.97. The Kier molecular flexibility index (Phi) is 2.28. The van der Waals surface area contributed by atoms with Crippen molar-refractivity contribution in [2.75, 3.05) is 18.4 Å². The third kappa shape index (κ3) is 1.51. The number of hydrogen-bond acceptors (Lipinski definition) is 5. The van der Waals surface area contributed by atoms with Crippen LogP contribution < -0.4 is 11.1 Å². The lowest BCUT2D eigenvalue weighted by atomic mass is 10.5. The molecule has 74 valence electrons. The van der Waals surface area contributed by atoms with E-state index in [2.05, 4.69) is 20.3 Å². The number of anilines is 1. The molecule has 0 amide bonds. The van der Waals surface area contributed by atoms with E-state index in [0.717, 1.165) is 11.2 Å². The standard InChI is InChI=1S/C8H12N6/c1-14-5-12-6-4-11-8(10-3-2-9)13-7(6)14/h4-5H,2-3,9H2,1H3,(H,10,11,13). The van der Waals surface area contributed by atoms with Crippen LogP contribution in [-0.2, 0) is 7.05 Å². The summed E-state index contributed by atoms with van der Waals surface area (Å²) in [7, 11) is 1.90. The van der Waals surface area contributed by atoms with Crippen molar-refractivity contribution in [1.29, 1.82) is 0 Å². The molecular weight excluding hydrogens is 180 g/mol. The number of nitrogens with two attached hydrogens (primary N) is 1. The molecule has 0 aliphatic carbocycles. The van der Waals surface area contributed by atoms with Crippen molar-refractivity contribution in [1.82, 2.24) is 19.5 Å². The normalized spacial score (nSPS) is 10.7. The number of fused-ring (bicyclic) bond motifs is 1. The van der Waals surface area contributed by atoms with Crippen molar-refractivity contribution >= 4 is 17.1 Å². The Morgan fingerprint density at radius 2 is 2.36 bits per heavy atom.